The van der Waals surface area contributed by atoms with Crippen LogP contribution in [-0.2, 0) is 26.5 Å². The average Bonchev–Trinajstić information content (AvgIpc) is 2.84. The Morgan fingerprint density at radius 1 is 1.20 bits per heavy atom. The smallest absolute Gasteiger partial charge is 0.265 e. The first-order valence-electron chi connectivity index (χ1n) is 7.74. The first-order valence-corrected chi connectivity index (χ1v) is 11.1. The predicted octanol–water partition coefficient (Wildman–Crippen LogP) is 1.54. The molecule has 1 aromatic heterocycles. The summed E-state index contributed by atoms with van der Waals surface area (Å²) in [6.45, 7) is 3.70. The van der Waals surface area contributed by atoms with E-state index in [1.54, 1.807) is 32.0 Å². The van der Waals surface area contributed by atoms with Gasteiger partial charge in [-0.15, -0.1) is 0 Å². The molecule has 0 saturated carbocycles. The number of anilines is 2. The molecule has 10 heteroatoms. The standard InChI is InChI=1S/C15H20N4O4S2/c1-10-15(11(2)17-16-10)25(22,23)18-13-6-7-14-12(9-13)5-4-8-19(14)24(3,20)21/h6-7,9,18H,4-5,8H2,1-3H3,(H,16,17). The van der Waals surface area contributed by atoms with Crippen molar-refractivity contribution in [2.75, 3.05) is 21.8 Å². The van der Waals surface area contributed by atoms with E-state index >= 15 is 0 Å². The van der Waals surface area contributed by atoms with E-state index in [4.69, 9.17) is 0 Å². The number of hydrogen-bond donors (Lipinski definition) is 2. The first-order chi connectivity index (χ1) is 11.6. The van der Waals surface area contributed by atoms with E-state index in [9.17, 15) is 16.8 Å². The Labute approximate surface area is 147 Å². The van der Waals surface area contributed by atoms with Crippen LogP contribution >= 0.6 is 0 Å². The van der Waals surface area contributed by atoms with Crippen LogP contribution in [-0.4, -0.2) is 39.8 Å². The second kappa shape index (κ2) is 6.03. The predicted molar refractivity (Wildman–Crippen MR) is 95.8 cm³/mol. The number of fused-ring (bicyclic) bond motifs is 1. The van der Waals surface area contributed by atoms with Crippen LogP contribution in [0.5, 0.6) is 0 Å². The number of H-pyrrole nitrogens is 1. The molecule has 0 amide bonds. The molecule has 0 bridgehead atoms. The maximum absolute atomic E-state index is 12.6. The van der Waals surface area contributed by atoms with E-state index < -0.39 is 20.0 Å². The average molecular weight is 384 g/mol. The van der Waals surface area contributed by atoms with Crippen molar-refractivity contribution in [2.45, 2.75) is 31.6 Å². The summed E-state index contributed by atoms with van der Waals surface area (Å²) in [6.07, 6.45) is 2.56. The van der Waals surface area contributed by atoms with Crippen molar-refractivity contribution in [2.24, 2.45) is 0 Å². The third kappa shape index (κ3) is 3.36. The Kier molecular flexibility index (Phi) is 4.28. The Morgan fingerprint density at radius 3 is 2.52 bits per heavy atom. The molecule has 25 heavy (non-hydrogen) atoms. The quantitative estimate of drug-likeness (QED) is 0.830. The van der Waals surface area contributed by atoms with Crippen molar-refractivity contribution in [1.29, 1.82) is 0 Å². The second-order valence-corrected chi connectivity index (χ2v) is 9.68. The van der Waals surface area contributed by atoms with Crippen LogP contribution in [0.4, 0.5) is 11.4 Å². The molecule has 0 unspecified atom stereocenters. The zero-order valence-electron chi connectivity index (χ0n) is 14.2. The van der Waals surface area contributed by atoms with Gasteiger partial charge in [0.2, 0.25) is 10.0 Å². The van der Waals surface area contributed by atoms with Crippen molar-refractivity contribution < 1.29 is 16.8 Å². The minimum absolute atomic E-state index is 0.128. The Bertz CT molecular complexity index is 1010. The van der Waals surface area contributed by atoms with Gasteiger partial charge < -0.3 is 0 Å². The molecule has 2 aromatic rings. The Balaban J connectivity index is 1.96. The van der Waals surface area contributed by atoms with Gasteiger partial charge in [-0.25, -0.2) is 16.8 Å². The monoisotopic (exact) mass is 384 g/mol. The highest BCUT2D eigenvalue weighted by Gasteiger charge is 2.26. The van der Waals surface area contributed by atoms with Gasteiger partial charge in [0, 0.05) is 12.2 Å². The molecule has 1 aromatic carbocycles. The van der Waals surface area contributed by atoms with E-state index in [2.05, 4.69) is 14.9 Å². The van der Waals surface area contributed by atoms with Gasteiger partial charge in [0.1, 0.15) is 4.90 Å². The van der Waals surface area contributed by atoms with Crippen LogP contribution < -0.4 is 9.03 Å². The highest BCUT2D eigenvalue weighted by molar-refractivity contribution is 7.93. The Hall–Kier alpha value is -2.07. The zero-order valence-corrected chi connectivity index (χ0v) is 15.8. The summed E-state index contributed by atoms with van der Waals surface area (Å²) in [6, 6.07) is 4.90. The number of sulfonamides is 2. The van der Waals surface area contributed by atoms with Gasteiger partial charge in [0.25, 0.3) is 10.0 Å². The molecule has 1 aliphatic rings. The maximum atomic E-state index is 12.6. The van der Waals surface area contributed by atoms with E-state index in [1.165, 1.54) is 10.6 Å². The van der Waals surface area contributed by atoms with Crippen LogP contribution in [0, 0.1) is 13.8 Å². The number of nitrogens with one attached hydrogen (secondary N) is 2. The lowest BCUT2D eigenvalue weighted by Crippen LogP contribution is -2.34. The number of hydrogen-bond acceptors (Lipinski definition) is 5. The molecule has 3 rings (SSSR count). The molecule has 0 fully saturated rings. The van der Waals surface area contributed by atoms with Gasteiger partial charge in [-0.2, -0.15) is 5.10 Å². The van der Waals surface area contributed by atoms with Crippen molar-refractivity contribution in [3.05, 3.63) is 35.2 Å². The maximum Gasteiger partial charge on any atom is 0.265 e. The summed E-state index contributed by atoms with van der Waals surface area (Å²) in [7, 11) is -7.13. The van der Waals surface area contributed by atoms with Crippen molar-refractivity contribution in [3.63, 3.8) is 0 Å². The normalized spacial score (nSPS) is 15.1. The fourth-order valence-electron chi connectivity index (χ4n) is 3.11. The molecule has 0 radical (unpaired) electrons. The van der Waals surface area contributed by atoms with E-state index in [1.807, 2.05) is 0 Å². The largest absolute Gasteiger partial charge is 0.281 e. The lowest BCUT2D eigenvalue weighted by atomic mass is 10.0. The molecule has 0 spiro atoms. The summed E-state index contributed by atoms with van der Waals surface area (Å²) in [5, 5.41) is 6.57. The minimum Gasteiger partial charge on any atom is -0.281 e. The summed E-state index contributed by atoms with van der Waals surface area (Å²) in [4.78, 5) is 0.128. The number of nitrogens with zero attached hydrogens (tertiary/aromatic N) is 2. The Morgan fingerprint density at radius 2 is 1.92 bits per heavy atom. The molecule has 2 heterocycles. The zero-order chi connectivity index (χ0) is 18.4. The van der Waals surface area contributed by atoms with Crippen LogP contribution in [0.1, 0.15) is 23.4 Å². The van der Waals surface area contributed by atoms with Gasteiger partial charge >= 0.3 is 0 Å². The van der Waals surface area contributed by atoms with Gasteiger partial charge in [0.15, 0.2) is 0 Å². The van der Waals surface area contributed by atoms with Crippen LogP contribution in [0.15, 0.2) is 23.1 Å². The molecule has 0 atom stereocenters. The van der Waals surface area contributed by atoms with Gasteiger partial charge in [0.05, 0.1) is 23.3 Å². The molecular formula is C15H20N4O4S2. The van der Waals surface area contributed by atoms with Crippen molar-refractivity contribution >= 4 is 31.4 Å². The van der Waals surface area contributed by atoms with Gasteiger partial charge in [-0.3, -0.25) is 14.1 Å². The first kappa shape index (κ1) is 17.7. The van der Waals surface area contributed by atoms with E-state index in [-0.39, 0.29) is 4.90 Å². The second-order valence-electron chi connectivity index (χ2n) is 6.15. The molecule has 136 valence electrons. The summed E-state index contributed by atoms with van der Waals surface area (Å²) in [5.74, 6) is 0. The minimum atomic E-state index is -3.78. The van der Waals surface area contributed by atoms with Crippen molar-refractivity contribution in [1.82, 2.24) is 10.2 Å². The summed E-state index contributed by atoms with van der Waals surface area (Å²) < 4.78 is 52.9. The molecule has 1 aliphatic heterocycles. The highest BCUT2D eigenvalue weighted by Crippen LogP contribution is 2.32. The molecule has 0 saturated heterocycles. The lowest BCUT2D eigenvalue weighted by Gasteiger charge is -2.29. The molecule has 8 nitrogen and oxygen atoms in total. The number of rotatable bonds is 4. The van der Waals surface area contributed by atoms with Gasteiger partial charge in [-0.1, -0.05) is 0 Å². The number of aromatic amines is 1. The number of aromatic nitrogens is 2. The number of benzene rings is 1. The number of aryl methyl sites for hydroxylation is 3. The lowest BCUT2D eigenvalue weighted by molar-refractivity contribution is 0.592. The van der Waals surface area contributed by atoms with Gasteiger partial charge in [-0.05, 0) is 50.5 Å². The van der Waals surface area contributed by atoms with Crippen LogP contribution in [0.25, 0.3) is 0 Å². The van der Waals surface area contributed by atoms with Crippen LogP contribution in [0.3, 0.4) is 0 Å². The fourth-order valence-corrected chi connectivity index (χ4v) is 5.53. The molecule has 0 aliphatic carbocycles. The topological polar surface area (TPSA) is 112 Å². The van der Waals surface area contributed by atoms with E-state index in [0.717, 1.165) is 5.56 Å². The molecular weight excluding hydrogens is 364 g/mol. The highest BCUT2D eigenvalue weighted by atomic mass is 32.2. The fraction of sp³-hybridized carbons (Fsp3) is 0.400. The molecule has 2 N–H and O–H groups in total. The third-order valence-corrected chi connectivity index (χ3v) is 6.96. The summed E-state index contributed by atoms with van der Waals surface area (Å²) in [5.41, 5.74) is 2.66. The SMILES string of the molecule is Cc1n[nH]c(C)c1S(=O)(=O)Nc1ccc2c(c1)CCCN2S(C)(=O)=O. The van der Waals surface area contributed by atoms with E-state index in [0.29, 0.717) is 42.1 Å². The summed E-state index contributed by atoms with van der Waals surface area (Å²) >= 11 is 0. The van der Waals surface area contributed by atoms with Crippen molar-refractivity contribution in [3.8, 4) is 0 Å². The van der Waals surface area contributed by atoms with Crippen LogP contribution in [0.2, 0.25) is 0 Å². The third-order valence-electron chi connectivity index (χ3n) is 4.14.